The van der Waals surface area contributed by atoms with Crippen LogP contribution in [0.5, 0.6) is 0 Å². The molecule has 2 aromatic rings. The normalized spacial score (nSPS) is 10.6. The van der Waals surface area contributed by atoms with Crippen molar-refractivity contribution in [2.75, 3.05) is 0 Å². The van der Waals surface area contributed by atoms with Crippen LogP contribution in [0.1, 0.15) is 22.8 Å². The zero-order chi connectivity index (χ0) is 13.3. The van der Waals surface area contributed by atoms with E-state index >= 15 is 0 Å². The Bertz CT molecular complexity index is 606. The van der Waals surface area contributed by atoms with Gasteiger partial charge in [0.05, 0.1) is 6.54 Å². The summed E-state index contributed by atoms with van der Waals surface area (Å²) in [5.41, 5.74) is 6.22. The van der Waals surface area contributed by atoms with E-state index in [-0.39, 0.29) is 10.6 Å². The molecule has 0 fully saturated rings. The largest absolute Gasteiger partial charge is 0.389 e. The van der Waals surface area contributed by atoms with Gasteiger partial charge in [-0.1, -0.05) is 24.4 Å². The highest BCUT2D eigenvalue weighted by atomic mass is 32.1. The maximum Gasteiger partial charge on any atom is 0.147 e. The SMILES string of the molecule is Cc1nc(C)n(Cc2cccc(C(N)=S)c2F)n1. The van der Waals surface area contributed by atoms with E-state index in [1.54, 1.807) is 29.8 Å². The van der Waals surface area contributed by atoms with E-state index in [4.69, 9.17) is 18.0 Å². The summed E-state index contributed by atoms with van der Waals surface area (Å²) in [6.07, 6.45) is 0. The lowest BCUT2D eigenvalue weighted by molar-refractivity contribution is 0.576. The molecule has 1 aromatic carbocycles. The fourth-order valence-electron chi connectivity index (χ4n) is 1.76. The molecule has 0 bridgehead atoms. The standard InChI is InChI=1S/C12H13FN4S/c1-7-15-8(2)17(16-7)6-9-4-3-5-10(11(9)13)12(14)18/h3-5H,6H2,1-2H3,(H2,14,18). The lowest BCUT2D eigenvalue weighted by atomic mass is 10.1. The Hall–Kier alpha value is -1.82. The van der Waals surface area contributed by atoms with Gasteiger partial charge < -0.3 is 5.73 Å². The van der Waals surface area contributed by atoms with Crippen LogP contribution in [0.15, 0.2) is 18.2 Å². The number of aryl methyl sites for hydroxylation is 2. The van der Waals surface area contributed by atoms with Gasteiger partial charge in [0.15, 0.2) is 0 Å². The molecule has 6 heteroatoms. The number of nitrogens with two attached hydrogens (primary N) is 1. The van der Waals surface area contributed by atoms with E-state index in [0.717, 1.165) is 5.82 Å². The monoisotopic (exact) mass is 264 g/mol. The number of nitrogens with zero attached hydrogens (tertiary/aromatic N) is 3. The molecule has 1 aromatic heterocycles. The van der Waals surface area contributed by atoms with Gasteiger partial charge in [-0.05, 0) is 19.9 Å². The summed E-state index contributed by atoms with van der Waals surface area (Å²) in [7, 11) is 0. The second kappa shape index (κ2) is 4.81. The first kappa shape index (κ1) is 12.6. The Morgan fingerprint density at radius 2 is 2.17 bits per heavy atom. The molecule has 0 spiro atoms. The number of hydrogen-bond donors (Lipinski definition) is 1. The van der Waals surface area contributed by atoms with Crippen LogP contribution in [0.4, 0.5) is 4.39 Å². The van der Waals surface area contributed by atoms with E-state index in [1.807, 2.05) is 6.92 Å². The van der Waals surface area contributed by atoms with Gasteiger partial charge in [0.1, 0.15) is 22.5 Å². The maximum atomic E-state index is 14.1. The minimum atomic E-state index is -0.391. The highest BCUT2D eigenvalue weighted by Crippen LogP contribution is 2.14. The highest BCUT2D eigenvalue weighted by Gasteiger charge is 2.12. The van der Waals surface area contributed by atoms with E-state index < -0.39 is 5.82 Å². The van der Waals surface area contributed by atoms with Gasteiger partial charge in [0.25, 0.3) is 0 Å². The molecule has 18 heavy (non-hydrogen) atoms. The molecule has 0 radical (unpaired) electrons. The molecular formula is C12H13FN4S. The molecule has 0 aliphatic carbocycles. The summed E-state index contributed by atoms with van der Waals surface area (Å²) in [6, 6.07) is 4.99. The topological polar surface area (TPSA) is 56.7 Å². The molecule has 0 saturated carbocycles. The van der Waals surface area contributed by atoms with Crippen LogP contribution in [0.25, 0.3) is 0 Å². The Morgan fingerprint density at radius 3 is 2.72 bits per heavy atom. The first-order valence-electron chi connectivity index (χ1n) is 5.44. The molecule has 0 aliphatic heterocycles. The second-order valence-corrected chi connectivity index (χ2v) is 4.45. The van der Waals surface area contributed by atoms with Gasteiger partial charge in [0, 0.05) is 11.1 Å². The molecule has 2 rings (SSSR count). The zero-order valence-electron chi connectivity index (χ0n) is 10.1. The van der Waals surface area contributed by atoms with Crippen molar-refractivity contribution in [2.45, 2.75) is 20.4 Å². The maximum absolute atomic E-state index is 14.1. The van der Waals surface area contributed by atoms with Crippen LogP contribution < -0.4 is 5.73 Å². The van der Waals surface area contributed by atoms with Crippen LogP contribution in [-0.4, -0.2) is 19.8 Å². The van der Waals surface area contributed by atoms with Gasteiger partial charge in [-0.3, -0.25) is 0 Å². The summed E-state index contributed by atoms with van der Waals surface area (Å²) in [4.78, 5) is 4.23. The molecule has 0 unspecified atom stereocenters. The number of rotatable bonds is 3. The van der Waals surface area contributed by atoms with Crippen LogP contribution in [0.2, 0.25) is 0 Å². The number of thiocarbonyl (C=S) groups is 1. The molecule has 0 aliphatic rings. The fourth-order valence-corrected chi connectivity index (χ4v) is 1.92. The van der Waals surface area contributed by atoms with Crippen molar-refractivity contribution < 1.29 is 4.39 Å². The lowest BCUT2D eigenvalue weighted by Gasteiger charge is -2.08. The molecule has 2 N–H and O–H groups in total. The number of aromatic nitrogens is 3. The van der Waals surface area contributed by atoms with Gasteiger partial charge in [-0.2, -0.15) is 5.10 Å². The lowest BCUT2D eigenvalue weighted by Crippen LogP contribution is -2.14. The minimum absolute atomic E-state index is 0.0563. The van der Waals surface area contributed by atoms with E-state index in [1.165, 1.54) is 0 Å². The van der Waals surface area contributed by atoms with Crippen LogP contribution in [0.3, 0.4) is 0 Å². The average Bonchev–Trinajstić information content (AvgIpc) is 2.60. The van der Waals surface area contributed by atoms with Crippen molar-refractivity contribution in [1.29, 1.82) is 0 Å². The van der Waals surface area contributed by atoms with Gasteiger partial charge in [0.2, 0.25) is 0 Å². The summed E-state index contributed by atoms with van der Waals surface area (Å²) in [6.45, 7) is 3.94. The Labute approximate surface area is 110 Å². The van der Waals surface area contributed by atoms with Gasteiger partial charge in [-0.25, -0.2) is 14.1 Å². The number of benzene rings is 1. The highest BCUT2D eigenvalue weighted by molar-refractivity contribution is 7.80. The number of halogens is 1. The summed E-state index contributed by atoms with van der Waals surface area (Å²) < 4.78 is 15.8. The third-order valence-corrected chi connectivity index (χ3v) is 2.85. The third kappa shape index (κ3) is 2.38. The van der Waals surface area contributed by atoms with Crippen LogP contribution in [-0.2, 0) is 6.54 Å². The first-order valence-corrected chi connectivity index (χ1v) is 5.85. The van der Waals surface area contributed by atoms with Crippen molar-refractivity contribution in [3.8, 4) is 0 Å². The second-order valence-electron chi connectivity index (χ2n) is 4.01. The Kier molecular flexibility index (Phi) is 3.38. The molecule has 4 nitrogen and oxygen atoms in total. The smallest absolute Gasteiger partial charge is 0.147 e. The van der Waals surface area contributed by atoms with Crippen molar-refractivity contribution >= 4 is 17.2 Å². The molecular weight excluding hydrogens is 251 g/mol. The van der Waals surface area contributed by atoms with Crippen LogP contribution >= 0.6 is 12.2 Å². The van der Waals surface area contributed by atoms with E-state index in [9.17, 15) is 4.39 Å². The minimum Gasteiger partial charge on any atom is -0.389 e. The van der Waals surface area contributed by atoms with E-state index in [0.29, 0.717) is 17.9 Å². The summed E-state index contributed by atoms with van der Waals surface area (Å²) in [5, 5.41) is 4.20. The van der Waals surface area contributed by atoms with Crippen LogP contribution in [0, 0.1) is 19.7 Å². The molecule has 0 saturated heterocycles. The molecule has 1 heterocycles. The Morgan fingerprint density at radius 1 is 1.44 bits per heavy atom. The summed E-state index contributed by atoms with van der Waals surface area (Å²) >= 11 is 4.81. The van der Waals surface area contributed by atoms with Gasteiger partial charge in [-0.15, -0.1) is 0 Å². The zero-order valence-corrected chi connectivity index (χ0v) is 11.0. The van der Waals surface area contributed by atoms with E-state index in [2.05, 4.69) is 10.1 Å². The first-order chi connectivity index (χ1) is 8.49. The van der Waals surface area contributed by atoms with Crippen molar-refractivity contribution in [2.24, 2.45) is 5.73 Å². The summed E-state index contributed by atoms with van der Waals surface area (Å²) in [5.74, 6) is 1.02. The van der Waals surface area contributed by atoms with Crippen molar-refractivity contribution in [3.63, 3.8) is 0 Å². The molecule has 94 valence electrons. The molecule has 0 atom stereocenters. The predicted molar refractivity (Wildman–Crippen MR) is 70.9 cm³/mol. The number of hydrogen-bond acceptors (Lipinski definition) is 3. The van der Waals surface area contributed by atoms with Gasteiger partial charge >= 0.3 is 0 Å². The average molecular weight is 264 g/mol. The van der Waals surface area contributed by atoms with Crippen molar-refractivity contribution in [3.05, 3.63) is 46.8 Å². The Balaban J connectivity index is 2.38. The van der Waals surface area contributed by atoms with Crippen molar-refractivity contribution in [1.82, 2.24) is 14.8 Å². The quantitative estimate of drug-likeness (QED) is 0.858. The fraction of sp³-hybridized carbons (Fsp3) is 0.250. The molecule has 0 amide bonds. The predicted octanol–water partition coefficient (Wildman–Crippen LogP) is 1.72. The third-order valence-electron chi connectivity index (χ3n) is 2.63.